The summed E-state index contributed by atoms with van der Waals surface area (Å²) in [6, 6.07) is 14.2. The molecule has 0 N–H and O–H groups in total. The molecule has 0 bridgehead atoms. The Hall–Kier alpha value is -1.68. The fourth-order valence-corrected chi connectivity index (χ4v) is 5.13. The van der Waals surface area contributed by atoms with Crippen molar-refractivity contribution in [1.82, 2.24) is 0 Å². The van der Waals surface area contributed by atoms with Crippen molar-refractivity contribution in [2.45, 2.75) is 84.7 Å². The highest BCUT2D eigenvalue weighted by atomic mass is 16.6. The Balaban J connectivity index is 1.67. The molecule has 4 rings (SSSR count). The van der Waals surface area contributed by atoms with Crippen LogP contribution in [-0.2, 0) is 32.5 Å². The van der Waals surface area contributed by atoms with Crippen LogP contribution in [0.2, 0.25) is 0 Å². The molecule has 0 amide bonds. The van der Waals surface area contributed by atoms with Crippen molar-refractivity contribution in [3.63, 3.8) is 0 Å². The average molecular weight is 465 g/mol. The summed E-state index contributed by atoms with van der Waals surface area (Å²) < 4.78 is 18.1. The molecule has 3 nitrogen and oxygen atoms in total. The van der Waals surface area contributed by atoms with E-state index < -0.39 is 0 Å². The summed E-state index contributed by atoms with van der Waals surface area (Å²) in [5.74, 6) is 0. The van der Waals surface area contributed by atoms with Gasteiger partial charge in [0, 0.05) is 18.6 Å². The molecule has 2 aliphatic rings. The van der Waals surface area contributed by atoms with Crippen LogP contribution in [0, 0.1) is 5.41 Å². The summed E-state index contributed by atoms with van der Waals surface area (Å²) in [6.07, 6.45) is 5.16. The van der Waals surface area contributed by atoms with Gasteiger partial charge in [-0.05, 0) is 77.8 Å². The first-order chi connectivity index (χ1) is 16.3. The largest absolute Gasteiger partial charge is 0.381 e. The minimum atomic E-state index is -0.0807. The van der Waals surface area contributed by atoms with E-state index in [1.165, 1.54) is 33.4 Å². The fraction of sp³-hybridized carbons (Fsp3) is 0.613. The van der Waals surface area contributed by atoms with Gasteiger partial charge in [-0.1, -0.05) is 71.0 Å². The van der Waals surface area contributed by atoms with Gasteiger partial charge in [-0.15, -0.1) is 0 Å². The van der Waals surface area contributed by atoms with E-state index in [1.54, 1.807) is 0 Å². The number of fused-ring (bicyclic) bond motifs is 3. The Morgan fingerprint density at radius 2 is 1.38 bits per heavy atom. The lowest BCUT2D eigenvalue weighted by Crippen LogP contribution is -2.31. The van der Waals surface area contributed by atoms with E-state index in [0.29, 0.717) is 6.61 Å². The molecule has 186 valence electrons. The van der Waals surface area contributed by atoms with Gasteiger partial charge in [-0.2, -0.15) is 0 Å². The number of rotatable bonds is 13. The fourth-order valence-electron chi connectivity index (χ4n) is 5.13. The predicted octanol–water partition coefficient (Wildman–Crippen LogP) is 7.12. The standard InChI is InChI=1S/C31H44O3/c1-7-23-10-12-25-26-13-11-24(8-2)19-28(26)31(27(25)18-23,14-16-32-20-29(4,5)9-3)15-17-33-21-30(6)22-34-30/h10-13,18-19H,7-9,14-17,20-22H2,1-6H3. The molecule has 1 heterocycles. The molecule has 0 saturated carbocycles. The Kier molecular flexibility index (Phi) is 7.57. The molecule has 1 saturated heterocycles. The van der Waals surface area contributed by atoms with Crippen LogP contribution < -0.4 is 0 Å². The molecule has 0 spiro atoms. The van der Waals surface area contributed by atoms with Crippen LogP contribution in [-0.4, -0.2) is 38.6 Å². The molecule has 2 aromatic carbocycles. The number of aryl methyl sites for hydroxylation is 2. The van der Waals surface area contributed by atoms with Gasteiger partial charge in [0.25, 0.3) is 0 Å². The minimum Gasteiger partial charge on any atom is -0.381 e. The highest BCUT2D eigenvalue weighted by Gasteiger charge is 2.44. The highest BCUT2D eigenvalue weighted by molar-refractivity contribution is 5.81. The third-order valence-corrected chi connectivity index (χ3v) is 8.15. The van der Waals surface area contributed by atoms with Crippen LogP contribution >= 0.6 is 0 Å². The van der Waals surface area contributed by atoms with Crippen molar-refractivity contribution in [3.8, 4) is 11.1 Å². The Morgan fingerprint density at radius 1 is 0.853 bits per heavy atom. The first-order valence-corrected chi connectivity index (χ1v) is 13.3. The summed E-state index contributed by atoms with van der Waals surface area (Å²) in [5.41, 5.74) is 8.58. The maximum atomic E-state index is 6.33. The summed E-state index contributed by atoms with van der Waals surface area (Å²) in [4.78, 5) is 0. The summed E-state index contributed by atoms with van der Waals surface area (Å²) in [6.45, 7) is 17.2. The van der Waals surface area contributed by atoms with Gasteiger partial charge in [0.15, 0.2) is 0 Å². The van der Waals surface area contributed by atoms with E-state index in [1.807, 2.05) is 0 Å². The number of benzene rings is 2. The molecule has 1 unspecified atom stereocenters. The topological polar surface area (TPSA) is 31.0 Å². The SMILES string of the molecule is CCc1ccc2c(c1)C(CCOCC(C)(C)CC)(CCOCC1(C)CO1)c1cc(CC)ccc1-2. The Morgan fingerprint density at radius 3 is 1.85 bits per heavy atom. The lowest BCUT2D eigenvalue weighted by Gasteiger charge is -2.33. The van der Waals surface area contributed by atoms with E-state index in [2.05, 4.69) is 77.9 Å². The second-order valence-electron chi connectivity index (χ2n) is 11.4. The summed E-state index contributed by atoms with van der Waals surface area (Å²) in [7, 11) is 0. The van der Waals surface area contributed by atoms with Gasteiger partial charge in [-0.25, -0.2) is 0 Å². The van der Waals surface area contributed by atoms with Crippen molar-refractivity contribution in [3.05, 3.63) is 58.7 Å². The van der Waals surface area contributed by atoms with Crippen LogP contribution in [0.3, 0.4) is 0 Å². The molecule has 0 aromatic heterocycles. The number of epoxide rings is 1. The maximum absolute atomic E-state index is 6.33. The zero-order chi connectivity index (χ0) is 24.4. The van der Waals surface area contributed by atoms with Crippen molar-refractivity contribution in [2.24, 2.45) is 5.41 Å². The molecule has 3 heteroatoms. The quantitative estimate of drug-likeness (QED) is 0.234. The second kappa shape index (κ2) is 10.1. The Bertz CT molecular complexity index is 933. The lowest BCUT2D eigenvalue weighted by atomic mass is 9.72. The van der Waals surface area contributed by atoms with Crippen molar-refractivity contribution >= 4 is 0 Å². The minimum absolute atomic E-state index is 0.0712. The molecular formula is C31H44O3. The molecule has 1 atom stereocenters. The van der Waals surface area contributed by atoms with Gasteiger partial charge < -0.3 is 14.2 Å². The smallest absolute Gasteiger partial charge is 0.112 e. The normalized spacial score (nSPS) is 20.3. The molecule has 1 aliphatic carbocycles. The van der Waals surface area contributed by atoms with Crippen molar-refractivity contribution in [2.75, 3.05) is 33.0 Å². The van der Waals surface area contributed by atoms with Gasteiger partial charge in [0.2, 0.25) is 0 Å². The monoisotopic (exact) mass is 464 g/mol. The lowest BCUT2D eigenvalue weighted by molar-refractivity contribution is 0.0434. The van der Waals surface area contributed by atoms with Crippen LogP contribution in [0.25, 0.3) is 11.1 Å². The molecular weight excluding hydrogens is 420 g/mol. The molecule has 0 radical (unpaired) electrons. The van der Waals surface area contributed by atoms with Crippen molar-refractivity contribution < 1.29 is 14.2 Å². The first kappa shape index (κ1) is 25.4. The van der Waals surface area contributed by atoms with E-state index in [-0.39, 0.29) is 16.4 Å². The predicted molar refractivity (Wildman–Crippen MR) is 141 cm³/mol. The van der Waals surface area contributed by atoms with Gasteiger partial charge in [0.05, 0.1) is 19.8 Å². The van der Waals surface area contributed by atoms with Gasteiger partial charge in [0.1, 0.15) is 5.60 Å². The van der Waals surface area contributed by atoms with E-state index in [9.17, 15) is 0 Å². The van der Waals surface area contributed by atoms with E-state index >= 15 is 0 Å². The van der Waals surface area contributed by atoms with Crippen LogP contribution in [0.1, 0.15) is 83.1 Å². The Labute approximate surface area is 207 Å². The first-order valence-electron chi connectivity index (χ1n) is 13.3. The van der Waals surface area contributed by atoms with Crippen molar-refractivity contribution in [1.29, 1.82) is 0 Å². The summed E-state index contributed by atoms with van der Waals surface area (Å²) >= 11 is 0. The number of hydrogen-bond donors (Lipinski definition) is 0. The van der Waals surface area contributed by atoms with Crippen LogP contribution in [0.15, 0.2) is 36.4 Å². The molecule has 1 fully saturated rings. The number of ether oxygens (including phenoxy) is 3. The molecule has 34 heavy (non-hydrogen) atoms. The third kappa shape index (κ3) is 5.27. The summed E-state index contributed by atoms with van der Waals surface area (Å²) in [5, 5.41) is 0. The van der Waals surface area contributed by atoms with Crippen LogP contribution in [0.4, 0.5) is 0 Å². The molecule has 2 aromatic rings. The number of hydrogen-bond acceptors (Lipinski definition) is 3. The zero-order valence-electron chi connectivity index (χ0n) is 22.3. The van der Waals surface area contributed by atoms with E-state index in [0.717, 1.165) is 58.5 Å². The zero-order valence-corrected chi connectivity index (χ0v) is 22.3. The van der Waals surface area contributed by atoms with Gasteiger partial charge >= 0.3 is 0 Å². The molecule has 1 aliphatic heterocycles. The average Bonchev–Trinajstić information content (AvgIpc) is 3.53. The third-order valence-electron chi connectivity index (χ3n) is 8.15. The van der Waals surface area contributed by atoms with Gasteiger partial charge in [-0.3, -0.25) is 0 Å². The highest BCUT2D eigenvalue weighted by Crippen LogP contribution is 2.53. The van der Waals surface area contributed by atoms with E-state index in [4.69, 9.17) is 14.2 Å². The maximum Gasteiger partial charge on any atom is 0.112 e. The van der Waals surface area contributed by atoms with Crippen LogP contribution in [0.5, 0.6) is 0 Å². The second-order valence-corrected chi connectivity index (χ2v) is 11.4.